The molecule has 1 aliphatic heterocycles. The Bertz CT molecular complexity index is 229. The monoisotopic (exact) mass is 254 g/mol. The normalized spacial score (nSPS) is 33.2. The second-order valence-corrected chi connectivity index (χ2v) is 6.03. The van der Waals surface area contributed by atoms with Crippen LogP contribution in [0.5, 0.6) is 0 Å². The Morgan fingerprint density at radius 1 is 1.17 bits per heavy atom. The van der Waals surface area contributed by atoms with Crippen LogP contribution < -0.4 is 5.32 Å². The summed E-state index contributed by atoms with van der Waals surface area (Å²) in [7, 11) is 0. The summed E-state index contributed by atoms with van der Waals surface area (Å²) in [4.78, 5) is 2.58. The quantitative estimate of drug-likeness (QED) is 0.761. The molecule has 0 aromatic carbocycles. The Labute approximate surface area is 112 Å². The fourth-order valence-electron chi connectivity index (χ4n) is 3.86. The van der Waals surface area contributed by atoms with Crippen LogP contribution in [0.1, 0.15) is 51.9 Å². The zero-order valence-corrected chi connectivity index (χ0v) is 11.9. The van der Waals surface area contributed by atoms with E-state index < -0.39 is 0 Å². The molecular formula is C15H30N2O. The molecule has 0 aromatic rings. The number of aliphatic hydroxyl groups is 1. The van der Waals surface area contributed by atoms with Crippen LogP contribution in [0.3, 0.4) is 0 Å². The average Bonchev–Trinajstić information content (AvgIpc) is 2.91. The predicted octanol–water partition coefficient (Wildman–Crippen LogP) is 2.00. The minimum atomic E-state index is 0.305. The largest absolute Gasteiger partial charge is 0.395 e. The number of aliphatic hydroxyl groups excluding tert-OH is 1. The van der Waals surface area contributed by atoms with Crippen molar-refractivity contribution < 1.29 is 5.11 Å². The van der Waals surface area contributed by atoms with Gasteiger partial charge in [-0.25, -0.2) is 0 Å². The summed E-state index contributed by atoms with van der Waals surface area (Å²) >= 11 is 0. The summed E-state index contributed by atoms with van der Waals surface area (Å²) < 4.78 is 0. The van der Waals surface area contributed by atoms with Crippen molar-refractivity contribution in [3.05, 3.63) is 0 Å². The number of nitrogens with one attached hydrogen (secondary N) is 1. The molecule has 2 rings (SSSR count). The molecule has 2 aliphatic rings. The molecule has 2 fully saturated rings. The molecule has 3 atom stereocenters. The van der Waals surface area contributed by atoms with Gasteiger partial charge >= 0.3 is 0 Å². The third-order valence-electron chi connectivity index (χ3n) is 4.87. The Morgan fingerprint density at radius 2 is 2.00 bits per heavy atom. The van der Waals surface area contributed by atoms with Gasteiger partial charge in [-0.2, -0.15) is 0 Å². The lowest BCUT2D eigenvalue weighted by Gasteiger charge is -2.40. The minimum Gasteiger partial charge on any atom is -0.395 e. The van der Waals surface area contributed by atoms with Gasteiger partial charge in [-0.3, -0.25) is 4.90 Å². The Morgan fingerprint density at radius 3 is 2.67 bits per heavy atom. The van der Waals surface area contributed by atoms with Gasteiger partial charge in [-0.15, -0.1) is 0 Å². The van der Waals surface area contributed by atoms with E-state index in [1.807, 2.05) is 0 Å². The highest BCUT2D eigenvalue weighted by Gasteiger charge is 2.30. The van der Waals surface area contributed by atoms with Crippen molar-refractivity contribution in [3.63, 3.8) is 0 Å². The smallest absolute Gasteiger partial charge is 0.0558 e. The molecule has 1 saturated heterocycles. The first-order valence-corrected chi connectivity index (χ1v) is 7.93. The van der Waals surface area contributed by atoms with Gasteiger partial charge in [0.05, 0.1) is 6.61 Å². The average molecular weight is 254 g/mol. The second kappa shape index (κ2) is 7.46. The zero-order valence-electron chi connectivity index (χ0n) is 11.9. The van der Waals surface area contributed by atoms with Crippen LogP contribution in [-0.2, 0) is 0 Å². The van der Waals surface area contributed by atoms with E-state index >= 15 is 0 Å². The summed E-state index contributed by atoms with van der Waals surface area (Å²) in [5.74, 6) is 0.853. The van der Waals surface area contributed by atoms with Crippen LogP contribution in [0.2, 0.25) is 0 Å². The zero-order chi connectivity index (χ0) is 12.8. The highest BCUT2D eigenvalue weighted by molar-refractivity contribution is 4.86. The Balaban J connectivity index is 1.93. The molecule has 0 aromatic heterocycles. The SMILES string of the molecule is CCC1CCCCC1N(CCO)CC1CCCN1. The molecule has 0 radical (unpaired) electrons. The Hall–Kier alpha value is -0.120. The van der Waals surface area contributed by atoms with Crippen LogP contribution in [0, 0.1) is 5.92 Å². The second-order valence-electron chi connectivity index (χ2n) is 6.03. The molecule has 106 valence electrons. The molecule has 2 N–H and O–H groups in total. The molecule has 0 bridgehead atoms. The maximum absolute atomic E-state index is 9.34. The first-order valence-electron chi connectivity index (χ1n) is 7.93. The highest BCUT2D eigenvalue weighted by atomic mass is 16.3. The van der Waals surface area contributed by atoms with Crippen LogP contribution in [0.4, 0.5) is 0 Å². The number of hydrogen-bond acceptors (Lipinski definition) is 3. The maximum Gasteiger partial charge on any atom is 0.0558 e. The van der Waals surface area contributed by atoms with Crippen LogP contribution in [0.15, 0.2) is 0 Å². The number of hydrogen-bond donors (Lipinski definition) is 2. The third kappa shape index (κ3) is 3.69. The molecule has 0 amide bonds. The van der Waals surface area contributed by atoms with Crippen molar-refractivity contribution in [2.75, 3.05) is 26.2 Å². The van der Waals surface area contributed by atoms with E-state index in [0.29, 0.717) is 12.6 Å². The van der Waals surface area contributed by atoms with Gasteiger partial charge in [0.25, 0.3) is 0 Å². The summed E-state index contributed by atoms with van der Waals surface area (Å²) in [6, 6.07) is 1.38. The fourth-order valence-corrected chi connectivity index (χ4v) is 3.86. The first kappa shape index (κ1) is 14.3. The topological polar surface area (TPSA) is 35.5 Å². The molecule has 1 heterocycles. The predicted molar refractivity (Wildman–Crippen MR) is 75.7 cm³/mol. The van der Waals surface area contributed by atoms with Crippen molar-refractivity contribution in [1.82, 2.24) is 10.2 Å². The summed E-state index contributed by atoms with van der Waals surface area (Å²) in [6.07, 6.45) is 9.44. The lowest BCUT2D eigenvalue weighted by Crippen LogP contribution is -2.48. The van der Waals surface area contributed by atoms with E-state index in [2.05, 4.69) is 17.1 Å². The van der Waals surface area contributed by atoms with E-state index in [-0.39, 0.29) is 0 Å². The number of rotatable bonds is 6. The van der Waals surface area contributed by atoms with Crippen LogP contribution >= 0.6 is 0 Å². The molecule has 0 spiro atoms. The van der Waals surface area contributed by atoms with E-state index in [4.69, 9.17) is 0 Å². The molecule has 1 aliphatic carbocycles. The molecule has 1 saturated carbocycles. The van der Waals surface area contributed by atoms with Crippen molar-refractivity contribution in [2.24, 2.45) is 5.92 Å². The summed E-state index contributed by atoms with van der Waals surface area (Å²) in [5.41, 5.74) is 0. The van der Waals surface area contributed by atoms with E-state index in [1.54, 1.807) is 0 Å². The van der Waals surface area contributed by atoms with Gasteiger partial charge in [0.1, 0.15) is 0 Å². The summed E-state index contributed by atoms with van der Waals surface area (Å²) in [5, 5.41) is 12.9. The standard InChI is InChI=1S/C15H30N2O/c1-2-13-6-3-4-8-15(13)17(10-11-18)12-14-7-5-9-16-14/h13-16,18H,2-12H2,1H3. The van der Waals surface area contributed by atoms with Gasteiger partial charge in [0.2, 0.25) is 0 Å². The lowest BCUT2D eigenvalue weighted by molar-refractivity contribution is 0.0746. The van der Waals surface area contributed by atoms with Crippen LogP contribution in [0.25, 0.3) is 0 Å². The Kier molecular flexibility index (Phi) is 5.93. The maximum atomic E-state index is 9.34. The van der Waals surface area contributed by atoms with Gasteiger partial charge in [0, 0.05) is 25.2 Å². The molecule has 3 heteroatoms. The fraction of sp³-hybridized carbons (Fsp3) is 1.00. The van der Waals surface area contributed by atoms with Crippen molar-refractivity contribution in [3.8, 4) is 0 Å². The van der Waals surface area contributed by atoms with Crippen molar-refractivity contribution in [2.45, 2.75) is 64.0 Å². The molecule has 18 heavy (non-hydrogen) atoms. The van der Waals surface area contributed by atoms with E-state index in [9.17, 15) is 5.11 Å². The summed E-state index contributed by atoms with van der Waals surface area (Å²) in [6.45, 7) is 5.81. The lowest BCUT2D eigenvalue weighted by atomic mass is 9.81. The third-order valence-corrected chi connectivity index (χ3v) is 4.87. The van der Waals surface area contributed by atoms with Gasteiger partial charge in [0.15, 0.2) is 0 Å². The van der Waals surface area contributed by atoms with Gasteiger partial charge in [-0.05, 0) is 38.1 Å². The van der Waals surface area contributed by atoms with E-state index in [0.717, 1.165) is 25.0 Å². The molecular weight excluding hydrogens is 224 g/mol. The van der Waals surface area contributed by atoms with E-state index in [1.165, 1.54) is 51.5 Å². The highest BCUT2D eigenvalue weighted by Crippen LogP contribution is 2.31. The first-order chi connectivity index (χ1) is 8.85. The van der Waals surface area contributed by atoms with Gasteiger partial charge < -0.3 is 10.4 Å². The molecule has 3 nitrogen and oxygen atoms in total. The number of nitrogens with zero attached hydrogens (tertiary/aromatic N) is 1. The molecule has 3 unspecified atom stereocenters. The van der Waals surface area contributed by atoms with Crippen LogP contribution in [-0.4, -0.2) is 48.3 Å². The minimum absolute atomic E-state index is 0.305. The van der Waals surface area contributed by atoms with Gasteiger partial charge in [-0.1, -0.05) is 26.2 Å². The van der Waals surface area contributed by atoms with Crippen molar-refractivity contribution >= 4 is 0 Å². The van der Waals surface area contributed by atoms with Crippen molar-refractivity contribution in [1.29, 1.82) is 0 Å².